The molecule has 0 aliphatic carbocycles. The Morgan fingerprint density at radius 3 is 2.67 bits per heavy atom. The fourth-order valence-corrected chi connectivity index (χ4v) is 1.33. The van der Waals surface area contributed by atoms with Gasteiger partial charge in [-0.15, -0.1) is 6.58 Å². The molecular formula is C14H19NO3. The number of nitrogens with zero attached hydrogens (tertiary/aromatic N) is 1. The zero-order chi connectivity index (χ0) is 13.8. The maximum absolute atomic E-state index is 11.1. The quantitative estimate of drug-likeness (QED) is 0.643. The highest BCUT2D eigenvalue weighted by atomic mass is 16.5. The van der Waals surface area contributed by atoms with Crippen molar-refractivity contribution in [1.82, 2.24) is 4.98 Å². The van der Waals surface area contributed by atoms with Gasteiger partial charge in [0.2, 0.25) is 5.88 Å². The van der Waals surface area contributed by atoms with E-state index >= 15 is 0 Å². The molecule has 0 unspecified atom stereocenters. The fourth-order valence-electron chi connectivity index (χ4n) is 1.33. The van der Waals surface area contributed by atoms with Gasteiger partial charge in [0, 0.05) is 11.5 Å². The summed E-state index contributed by atoms with van der Waals surface area (Å²) < 4.78 is 5.43. The number of carboxylic acids is 1. The van der Waals surface area contributed by atoms with Crippen molar-refractivity contribution in [3.63, 3.8) is 0 Å². The minimum absolute atomic E-state index is 0.198. The topological polar surface area (TPSA) is 59.4 Å². The number of aromatic carboxylic acids is 1. The average molecular weight is 249 g/mol. The van der Waals surface area contributed by atoms with Crippen LogP contribution in [-0.2, 0) is 5.41 Å². The summed E-state index contributed by atoms with van der Waals surface area (Å²) >= 11 is 0. The highest BCUT2D eigenvalue weighted by Gasteiger charge is 2.19. The van der Waals surface area contributed by atoms with E-state index in [9.17, 15) is 4.79 Å². The van der Waals surface area contributed by atoms with Crippen LogP contribution in [0.5, 0.6) is 5.88 Å². The molecule has 0 aliphatic rings. The number of hydrogen-bond donors (Lipinski definition) is 1. The third-order valence-corrected chi connectivity index (χ3v) is 2.39. The van der Waals surface area contributed by atoms with Gasteiger partial charge < -0.3 is 9.84 Å². The van der Waals surface area contributed by atoms with Crippen LogP contribution in [0.15, 0.2) is 24.8 Å². The van der Waals surface area contributed by atoms with Gasteiger partial charge in [-0.3, -0.25) is 0 Å². The standard InChI is InChI=1S/C14H19NO3/c1-5-6-7-18-12-9-10(13(16)17)8-11(15-12)14(2,3)4/h5,8-9H,1,6-7H2,2-4H3,(H,16,17). The largest absolute Gasteiger partial charge is 0.478 e. The fraction of sp³-hybridized carbons (Fsp3) is 0.429. The Bertz CT molecular complexity index is 447. The molecule has 0 spiro atoms. The van der Waals surface area contributed by atoms with Crippen LogP contribution < -0.4 is 4.74 Å². The molecule has 1 aromatic rings. The second-order valence-corrected chi connectivity index (χ2v) is 5.06. The molecule has 0 amide bonds. The number of hydrogen-bond acceptors (Lipinski definition) is 3. The molecule has 18 heavy (non-hydrogen) atoms. The summed E-state index contributed by atoms with van der Waals surface area (Å²) in [5.74, 6) is -0.627. The van der Waals surface area contributed by atoms with Crippen molar-refractivity contribution in [2.75, 3.05) is 6.61 Å². The Hall–Kier alpha value is -1.84. The summed E-state index contributed by atoms with van der Waals surface area (Å²) in [7, 11) is 0. The van der Waals surface area contributed by atoms with Crippen LogP contribution in [0.3, 0.4) is 0 Å². The van der Waals surface area contributed by atoms with Crippen LogP contribution in [0, 0.1) is 0 Å². The third-order valence-electron chi connectivity index (χ3n) is 2.39. The van der Waals surface area contributed by atoms with E-state index < -0.39 is 5.97 Å². The lowest BCUT2D eigenvalue weighted by molar-refractivity contribution is 0.0696. The first kappa shape index (κ1) is 14.2. The van der Waals surface area contributed by atoms with Crippen molar-refractivity contribution in [2.24, 2.45) is 0 Å². The van der Waals surface area contributed by atoms with E-state index in [0.29, 0.717) is 24.6 Å². The molecule has 1 rings (SSSR count). The van der Waals surface area contributed by atoms with Gasteiger partial charge in [0.1, 0.15) is 0 Å². The normalized spacial score (nSPS) is 11.1. The van der Waals surface area contributed by atoms with Crippen molar-refractivity contribution in [1.29, 1.82) is 0 Å². The maximum Gasteiger partial charge on any atom is 0.335 e. The van der Waals surface area contributed by atoms with Crippen LogP contribution in [0.25, 0.3) is 0 Å². The number of ether oxygens (including phenoxy) is 1. The summed E-state index contributed by atoms with van der Waals surface area (Å²) in [6.07, 6.45) is 2.44. The molecule has 0 aliphatic heterocycles. The summed E-state index contributed by atoms with van der Waals surface area (Å²) in [5, 5.41) is 9.07. The first-order chi connectivity index (χ1) is 8.34. The Kier molecular flexibility index (Phi) is 4.48. The maximum atomic E-state index is 11.1. The van der Waals surface area contributed by atoms with Gasteiger partial charge in [-0.25, -0.2) is 9.78 Å². The second-order valence-electron chi connectivity index (χ2n) is 5.06. The van der Waals surface area contributed by atoms with Crippen molar-refractivity contribution in [2.45, 2.75) is 32.6 Å². The lowest BCUT2D eigenvalue weighted by Crippen LogP contribution is -2.16. The van der Waals surface area contributed by atoms with E-state index in [1.807, 2.05) is 20.8 Å². The highest BCUT2D eigenvalue weighted by molar-refractivity contribution is 5.88. The van der Waals surface area contributed by atoms with Gasteiger partial charge >= 0.3 is 5.97 Å². The third kappa shape index (κ3) is 3.87. The van der Waals surface area contributed by atoms with E-state index in [1.165, 1.54) is 6.07 Å². The van der Waals surface area contributed by atoms with Gasteiger partial charge in [0.25, 0.3) is 0 Å². The van der Waals surface area contributed by atoms with Crippen LogP contribution in [-0.4, -0.2) is 22.7 Å². The van der Waals surface area contributed by atoms with Crippen LogP contribution in [0.2, 0.25) is 0 Å². The van der Waals surface area contributed by atoms with Crippen molar-refractivity contribution < 1.29 is 14.6 Å². The zero-order valence-electron chi connectivity index (χ0n) is 11.1. The Labute approximate surface area is 107 Å². The van der Waals surface area contributed by atoms with E-state index in [0.717, 1.165) is 0 Å². The monoisotopic (exact) mass is 249 g/mol. The predicted molar refractivity (Wildman–Crippen MR) is 70.2 cm³/mol. The molecular weight excluding hydrogens is 230 g/mol. The van der Waals surface area contributed by atoms with E-state index in [4.69, 9.17) is 9.84 Å². The van der Waals surface area contributed by atoms with Gasteiger partial charge in [-0.05, 0) is 12.5 Å². The van der Waals surface area contributed by atoms with Crippen LogP contribution >= 0.6 is 0 Å². The Balaban J connectivity index is 3.06. The molecule has 0 radical (unpaired) electrons. The highest BCUT2D eigenvalue weighted by Crippen LogP contribution is 2.24. The smallest absolute Gasteiger partial charge is 0.335 e. The minimum Gasteiger partial charge on any atom is -0.478 e. The van der Waals surface area contributed by atoms with Gasteiger partial charge in [0.05, 0.1) is 17.9 Å². The molecule has 4 nitrogen and oxygen atoms in total. The molecule has 1 N–H and O–H groups in total. The SMILES string of the molecule is C=CCCOc1cc(C(=O)O)cc(C(C)(C)C)n1. The van der Waals surface area contributed by atoms with E-state index in [-0.39, 0.29) is 11.0 Å². The van der Waals surface area contributed by atoms with Crippen LogP contribution in [0.4, 0.5) is 0 Å². The first-order valence-electron chi connectivity index (χ1n) is 5.84. The van der Waals surface area contributed by atoms with Crippen molar-refractivity contribution in [3.8, 4) is 5.88 Å². The summed E-state index contributed by atoms with van der Waals surface area (Å²) in [6, 6.07) is 3.03. The Morgan fingerprint density at radius 1 is 1.50 bits per heavy atom. The van der Waals surface area contributed by atoms with E-state index in [2.05, 4.69) is 11.6 Å². The molecule has 0 fully saturated rings. The summed E-state index contributed by atoms with van der Waals surface area (Å²) in [6.45, 7) is 9.99. The van der Waals surface area contributed by atoms with E-state index in [1.54, 1.807) is 12.1 Å². The number of pyridine rings is 1. The van der Waals surface area contributed by atoms with Crippen LogP contribution in [0.1, 0.15) is 43.2 Å². The number of carbonyl (C=O) groups is 1. The van der Waals surface area contributed by atoms with Crippen molar-refractivity contribution in [3.05, 3.63) is 36.0 Å². The summed E-state index contributed by atoms with van der Waals surface area (Å²) in [5.41, 5.74) is 0.682. The lowest BCUT2D eigenvalue weighted by Gasteiger charge is -2.19. The summed E-state index contributed by atoms with van der Waals surface area (Å²) in [4.78, 5) is 15.4. The molecule has 0 bridgehead atoms. The lowest BCUT2D eigenvalue weighted by atomic mass is 9.91. The first-order valence-corrected chi connectivity index (χ1v) is 5.84. The molecule has 1 aromatic heterocycles. The number of carboxylic acid groups (broad SMARTS) is 1. The molecule has 0 aromatic carbocycles. The molecule has 0 saturated heterocycles. The molecule has 1 heterocycles. The number of aromatic nitrogens is 1. The molecule has 98 valence electrons. The predicted octanol–water partition coefficient (Wildman–Crippen LogP) is 3.03. The van der Waals surface area contributed by atoms with Gasteiger partial charge in [-0.1, -0.05) is 26.8 Å². The minimum atomic E-state index is -0.975. The molecule has 0 saturated carbocycles. The number of rotatable bonds is 5. The second kappa shape index (κ2) is 5.67. The van der Waals surface area contributed by atoms with Gasteiger partial charge in [-0.2, -0.15) is 0 Å². The zero-order valence-corrected chi connectivity index (χ0v) is 11.1. The average Bonchev–Trinajstić information content (AvgIpc) is 2.28. The Morgan fingerprint density at radius 2 is 2.17 bits per heavy atom. The molecule has 0 atom stereocenters. The van der Waals surface area contributed by atoms with Gasteiger partial charge in [0.15, 0.2) is 0 Å². The van der Waals surface area contributed by atoms with Crippen molar-refractivity contribution >= 4 is 5.97 Å². The molecule has 4 heteroatoms.